The van der Waals surface area contributed by atoms with E-state index < -0.39 is 0 Å². The Morgan fingerprint density at radius 3 is 2.59 bits per heavy atom. The van der Waals surface area contributed by atoms with Crippen LogP contribution in [0.4, 0.5) is 5.13 Å². The summed E-state index contributed by atoms with van der Waals surface area (Å²) in [6, 6.07) is 11.8. The monoisotopic (exact) mass is 381 g/mol. The smallest absolute Gasteiger partial charge is 0.262 e. The molecule has 0 aliphatic carbocycles. The maximum Gasteiger partial charge on any atom is 0.262 e. The molecule has 0 aliphatic heterocycles. The lowest BCUT2D eigenvalue weighted by Gasteiger charge is -2.18. The molecule has 0 fully saturated rings. The van der Waals surface area contributed by atoms with Gasteiger partial charge in [0.25, 0.3) is 5.91 Å². The van der Waals surface area contributed by atoms with Crippen LogP contribution < -0.4 is 10.1 Å². The van der Waals surface area contributed by atoms with E-state index in [0.717, 1.165) is 11.3 Å². The third kappa shape index (κ3) is 4.52. The van der Waals surface area contributed by atoms with Crippen LogP contribution in [0.2, 0.25) is 0 Å². The largest absolute Gasteiger partial charge is 0.477 e. The topological polar surface area (TPSA) is 64.1 Å². The zero-order valence-electron chi connectivity index (χ0n) is 15.9. The number of anilines is 1. The van der Waals surface area contributed by atoms with Gasteiger partial charge in [0.05, 0.1) is 12.3 Å². The number of aromatic nitrogens is 2. The van der Waals surface area contributed by atoms with Gasteiger partial charge in [-0.25, -0.2) is 9.97 Å². The van der Waals surface area contributed by atoms with Gasteiger partial charge in [0.2, 0.25) is 5.88 Å². The number of nitrogens with one attached hydrogen (secondary N) is 1. The second kappa shape index (κ2) is 7.88. The Labute approximate surface area is 163 Å². The van der Waals surface area contributed by atoms with Crippen LogP contribution in [0.5, 0.6) is 5.88 Å². The summed E-state index contributed by atoms with van der Waals surface area (Å²) in [5, 5.41) is 5.31. The van der Waals surface area contributed by atoms with Gasteiger partial charge in [0.1, 0.15) is 5.56 Å². The molecule has 1 aromatic carbocycles. The van der Waals surface area contributed by atoms with E-state index in [1.807, 2.05) is 12.3 Å². The molecule has 1 N–H and O–H groups in total. The van der Waals surface area contributed by atoms with E-state index in [1.54, 1.807) is 18.3 Å². The van der Waals surface area contributed by atoms with Gasteiger partial charge in [-0.1, -0.05) is 45.0 Å². The van der Waals surface area contributed by atoms with Crippen molar-refractivity contribution < 1.29 is 9.53 Å². The number of rotatable bonds is 5. The molecule has 0 spiro atoms. The molecule has 0 atom stereocenters. The highest BCUT2D eigenvalue weighted by atomic mass is 32.1. The highest BCUT2D eigenvalue weighted by Crippen LogP contribution is 2.29. The third-order valence-corrected chi connectivity index (χ3v) is 4.83. The number of carbonyl (C=O) groups excluding carboxylic acids is 1. The van der Waals surface area contributed by atoms with Crippen molar-refractivity contribution in [3.63, 3.8) is 0 Å². The van der Waals surface area contributed by atoms with Crippen molar-refractivity contribution in [3.05, 3.63) is 59.1 Å². The highest BCUT2D eigenvalue weighted by molar-refractivity contribution is 7.14. The maximum absolute atomic E-state index is 12.5. The van der Waals surface area contributed by atoms with Gasteiger partial charge in [-0.15, -0.1) is 11.3 Å². The number of thiazole rings is 1. The maximum atomic E-state index is 12.5. The van der Waals surface area contributed by atoms with Crippen LogP contribution in [0.1, 0.15) is 43.6 Å². The van der Waals surface area contributed by atoms with E-state index in [9.17, 15) is 4.79 Å². The van der Waals surface area contributed by atoms with Gasteiger partial charge in [0.15, 0.2) is 5.13 Å². The van der Waals surface area contributed by atoms with Crippen LogP contribution in [0.15, 0.2) is 48.0 Å². The molecule has 1 amide bonds. The van der Waals surface area contributed by atoms with Crippen LogP contribution in [0.25, 0.3) is 11.3 Å². The number of benzene rings is 1. The molecule has 0 saturated carbocycles. The molecule has 3 aromatic rings. The Morgan fingerprint density at radius 1 is 1.19 bits per heavy atom. The Hall–Kier alpha value is -2.73. The molecule has 27 heavy (non-hydrogen) atoms. The summed E-state index contributed by atoms with van der Waals surface area (Å²) in [5.41, 5.74) is 3.64. The van der Waals surface area contributed by atoms with Gasteiger partial charge < -0.3 is 4.74 Å². The van der Waals surface area contributed by atoms with Crippen molar-refractivity contribution in [2.75, 3.05) is 11.9 Å². The first-order chi connectivity index (χ1) is 12.9. The van der Waals surface area contributed by atoms with Crippen LogP contribution in [0.3, 0.4) is 0 Å². The van der Waals surface area contributed by atoms with Gasteiger partial charge in [-0.2, -0.15) is 0 Å². The summed E-state index contributed by atoms with van der Waals surface area (Å²) in [6.45, 7) is 8.87. The molecular formula is C21H23N3O2S. The van der Waals surface area contributed by atoms with E-state index >= 15 is 0 Å². The molecule has 2 heterocycles. The van der Waals surface area contributed by atoms with Crippen LogP contribution in [-0.4, -0.2) is 22.5 Å². The van der Waals surface area contributed by atoms with Crippen LogP contribution >= 0.6 is 11.3 Å². The number of hydrogen-bond acceptors (Lipinski definition) is 5. The quantitative estimate of drug-likeness (QED) is 0.663. The SMILES string of the molecule is CCOc1ncccc1C(=O)Nc1nc(-c2ccc(C(C)(C)C)cc2)cs1. The summed E-state index contributed by atoms with van der Waals surface area (Å²) >= 11 is 1.39. The lowest BCUT2D eigenvalue weighted by atomic mass is 9.86. The lowest BCUT2D eigenvalue weighted by molar-refractivity contribution is 0.102. The zero-order valence-corrected chi connectivity index (χ0v) is 16.8. The average Bonchev–Trinajstić information content (AvgIpc) is 3.10. The number of ether oxygens (including phenoxy) is 1. The molecular weight excluding hydrogens is 358 g/mol. The number of nitrogens with zero attached hydrogens (tertiary/aromatic N) is 2. The summed E-state index contributed by atoms with van der Waals surface area (Å²) in [6.07, 6.45) is 1.60. The standard InChI is InChI=1S/C21H23N3O2S/c1-5-26-19-16(7-6-12-22-19)18(25)24-20-23-17(13-27-20)14-8-10-15(11-9-14)21(2,3)4/h6-13H,5H2,1-4H3,(H,23,24,25). The van der Waals surface area contributed by atoms with Gasteiger partial charge >= 0.3 is 0 Å². The molecule has 0 bridgehead atoms. The highest BCUT2D eigenvalue weighted by Gasteiger charge is 2.16. The fourth-order valence-corrected chi connectivity index (χ4v) is 3.30. The summed E-state index contributed by atoms with van der Waals surface area (Å²) in [7, 11) is 0. The van der Waals surface area contributed by atoms with Gasteiger partial charge in [-0.3, -0.25) is 10.1 Å². The Kier molecular flexibility index (Phi) is 5.56. The van der Waals surface area contributed by atoms with E-state index in [1.165, 1.54) is 16.9 Å². The first-order valence-electron chi connectivity index (χ1n) is 8.84. The van der Waals surface area contributed by atoms with Crippen molar-refractivity contribution in [1.82, 2.24) is 9.97 Å². The summed E-state index contributed by atoms with van der Waals surface area (Å²) in [5.74, 6) is 0.0441. The molecule has 2 aromatic heterocycles. The molecule has 3 rings (SSSR count). The second-order valence-electron chi connectivity index (χ2n) is 7.11. The molecule has 6 heteroatoms. The van der Waals surface area contributed by atoms with Gasteiger partial charge in [0, 0.05) is 17.1 Å². The molecule has 0 aliphatic rings. The third-order valence-electron chi connectivity index (χ3n) is 4.07. The Morgan fingerprint density at radius 2 is 1.93 bits per heavy atom. The fourth-order valence-electron chi connectivity index (χ4n) is 2.58. The van der Waals surface area contributed by atoms with E-state index in [2.05, 4.69) is 60.3 Å². The normalized spacial score (nSPS) is 11.3. The van der Waals surface area contributed by atoms with Crippen molar-refractivity contribution >= 4 is 22.4 Å². The summed E-state index contributed by atoms with van der Waals surface area (Å²) in [4.78, 5) is 21.2. The van der Waals surface area contributed by atoms with E-state index in [0.29, 0.717) is 23.2 Å². The molecule has 0 radical (unpaired) electrons. The lowest BCUT2D eigenvalue weighted by Crippen LogP contribution is -2.14. The van der Waals surface area contributed by atoms with Crippen LogP contribution in [-0.2, 0) is 5.41 Å². The molecule has 5 nitrogen and oxygen atoms in total. The van der Waals surface area contributed by atoms with Crippen molar-refractivity contribution in [1.29, 1.82) is 0 Å². The number of carbonyl (C=O) groups is 1. The van der Waals surface area contributed by atoms with Crippen molar-refractivity contribution in [2.45, 2.75) is 33.1 Å². The fraction of sp³-hybridized carbons (Fsp3) is 0.286. The number of hydrogen-bond donors (Lipinski definition) is 1. The first kappa shape index (κ1) is 19.0. The minimum atomic E-state index is -0.282. The van der Waals surface area contributed by atoms with Crippen molar-refractivity contribution in [3.8, 4) is 17.1 Å². The second-order valence-corrected chi connectivity index (χ2v) is 7.97. The van der Waals surface area contributed by atoms with Crippen molar-refractivity contribution in [2.24, 2.45) is 0 Å². The van der Waals surface area contributed by atoms with Gasteiger partial charge in [-0.05, 0) is 30.0 Å². The zero-order chi connectivity index (χ0) is 19.4. The molecule has 0 saturated heterocycles. The van der Waals surface area contributed by atoms with E-state index in [4.69, 9.17) is 4.74 Å². The van der Waals surface area contributed by atoms with E-state index in [-0.39, 0.29) is 11.3 Å². The minimum Gasteiger partial charge on any atom is -0.477 e. The average molecular weight is 382 g/mol. The molecule has 140 valence electrons. The Balaban J connectivity index is 1.76. The number of amides is 1. The predicted molar refractivity (Wildman–Crippen MR) is 110 cm³/mol. The first-order valence-corrected chi connectivity index (χ1v) is 9.72. The van der Waals surface area contributed by atoms with Crippen LogP contribution in [0, 0.1) is 0 Å². The minimum absolute atomic E-state index is 0.113. The molecule has 0 unspecified atom stereocenters. The predicted octanol–water partition coefficient (Wildman–Crippen LogP) is 5.15. The summed E-state index contributed by atoms with van der Waals surface area (Å²) < 4.78 is 5.42. The number of pyridine rings is 1. The Bertz CT molecular complexity index is 927.